The van der Waals surface area contributed by atoms with Crippen molar-refractivity contribution in [1.82, 2.24) is 30.4 Å². The van der Waals surface area contributed by atoms with Crippen LogP contribution in [0.25, 0.3) is 0 Å². The fraction of sp³-hybridized carbons (Fsp3) is 0.275. The average Bonchev–Trinajstić information content (AvgIpc) is 3.52. The number of hydrogen-bond donors (Lipinski definition) is 6. The lowest BCUT2D eigenvalue weighted by atomic mass is 9.92. The lowest BCUT2D eigenvalue weighted by Gasteiger charge is -2.32. The van der Waals surface area contributed by atoms with Crippen molar-refractivity contribution >= 4 is 77.5 Å². The quantitative estimate of drug-likeness (QED) is 0.0761. The predicted octanol–water partition coefficient (Wildman–Crippen LogP) is 3.27. The molecule has 5 heterocycles. The topological polar surface area (TPSA) is 180 Å². The molecule has 14 nitrogen and oxygen atoms in total. The molecule has 0 radical (unpaired) electrons. The van der Waals surface area contributed by atoms with Crippen LogP contribution in [0.4, 0.5) is 34.5 Å². The molecule has 4 aromatic rings. The lowest BCUT2D eigenvalue weighted by molar-refractivity contribution is -0.136. The maximum Gasteiger partial charge on any atom is 0.255 e. The first-order chi connectivity index (χ1) is 26.8. The smallest absolute Gasteiger partial charge is 0.255 e. The van der Waals surface area contributed by atoms with E-state index in [1.807, 2.05) is 36.5 Å². The first-order valence-corrected chi connectivity index (χ1v) is 18.6. The summed E-state index contributed by atoms with van der Waals surface area (Å²) in [5, 5.41) is 24.1. The van der Waals surface area contributed by atoms with Crippen molar-refractivity contribution in [3.63, 3.8) is 0 Å². The fourth-order valence-electron chi connectivity index (χ4n) is 7.61. The minimum Gasteiger partial charge on any atom is -0.387 e. The molecule has 2 saturated heterocycles. The van der Waals surface area contributed by atoms with Gasteiger partial charge in [0.1, 0.15) is 19.7 Å². The Kier molecular flexibility index (Phi) is 10.1. The highest BCUT2D eigenvalue weighted by atomic mass is 16.2. The van der Waals surface area contributed by atoms with Crippen LogP contribution >= 0.6 is 0 Å². The van der Waals surface area contributed by atoms with Crippen LogP contribution in [0.1, 0.15) is 47.2 Å². The molecule has 3 aromatic carbocycles. The maximum absolute atomic E-state index is 13.3. The summed E-state index contributed by atoms with van der Waals surface area (Å²) in [5.41, 5.74) is 8.80. The van der Waals surface area contributed by atoms with Gasteiger partial charge in [0.05, 0.1) is 23.6 Å². The maximum atomic E-state index is 13.3. The summed E-state index contributed by atoms with van der Waals surface area (Å²) in [5.74, 6) is 0.00115. The Balaban J connectivity index is 0.854. The Morgan fingerprint density at radius 3 is 2.67 bits per heavy atom. The Morgan fingerprint density at radius 1 is 1.00 bits per heavy atom. The molecule has 15 heteroatoms. The molecule has 4 aliphatic heterocycles. The summed E-state index contributed by atoms with van der Waals surface area (Å²) in [6.45, 7) is 3.58. The number of para-hydroxylation sites is 1. The van der Waals surface area contributed by atoms with Gasteiger partial charge in [0.15, 0.2) is 0 Å². The van der Waals surface area contributed by atoms with Crippen LogP contribution in [0.3, 0.4) is 0 Å². The van der Waals surface area contributed by atoms with Crippen LogP contribution in [0.5, 0.6) is 0 Å². The summed E-state index contributed by atoms with van der Waals surface area (Å²) < 4.78 is 0. The van der Waals surface area contributed by atoms with E-state index in [1.165, 1.54) is 16.7 Å². The number of hydrogen-bond acceptors (Lipinski definition) is 12. The van der Waals surface area contributed by atoms with Gasteiger partial charge in [-0.2, -0.15) is 4.98 Å². The average molecular weight is 736 g/mol. The first-order valence-electron chi connectivity index (χ1n) is 18.6. The molecule has 1 atom stereocenters. The van der Waals surface area contributed by atoms with Gasteiger partial charge in [-0.15, -0.1) is 0 Å². The van der Waals surface area contributed by atoms with Crippen molar-refractivity contribution in [3.05, 3.63) is 101 Å². The molecule has 278 valence electrons. The molecule has 2 fully saturated rings. The highest BCUT2D eigenvalue weighted by Gasteiger charge is 2.40. The Labute approximate surface area is 319 Å². The van der Waals surface area contributed by atoms with Crippen molar-refractivity contribution in [3.8, 4) is 0 Å². The van der Waals surface area contributed by atoms with E-state index in [0.29, 0.717) is 36.3 Å². The number of likely N-dealkylation sites (tertiary alicyclic amines) is 1. The van der Waals surface area contributed by atoms with Crippen LogP contribution in [0, 0.1) is 5.41 Å². The molecule has 6 N–H and O–H groups in total. The van der Waals surface area contributed by atoms with Gasteiger partial charge in [0.2, 0.25) is 17.8 Å². The minimum absolute atomic E-state index is 0.205. The van der Waals surface area contributed by atoms with Gasteiger partial charge in [-0.05, 0) is 61.2 Å². The van der Waals surface area contributed by atoms with E-state index < -0.39 is 11.9 Å². The summed E-state index contributed by atoms with van der Waals surface area (Å²) in [6, 6.07) is 21.2. The van der Waals surface area contributed by atoms with Crippen molar-refractivity contribution in [2.45, 2.75) is 50.9 Å². The molecule has 0 saturated carbocycles. The van der Waals surface area contributed by atoms with Gasteiger partial charge in [0, 0.05) is 85.3 Å². The number of carbonyl (C=O) groups excluding carboxylic acids is 3. The normalized spacial score (nSPS) is 18.8. The van der Waals surface area contributed by atoms with Gasteiger partial charge < -0.3 is 31.6 Å². The molecular weight excluding hydrogens is 693 g/mol. The number of aromatic nitrogens is 2. The number of nitrogens with zero attached hydrogens (tertiary/aromatic N) is 5. The van der Waals surface area contributed by atoms with E-state index in [0.717, 1.165) is 77.5 Å². The number of piperidine rings is 2. The van der Waals surface area contributed by atoms with Crippen molar-refractivity contribution in [2.75, 3.05) is 35.6 Å². The zero-order valence-electron chi connectivity index (χ0n) is 30.6. The molecule has 0 bridgehead atoms. The SMILES string of the molecule is Bc1cccc2c1N=C(/C(C=N)=C/NC1CCN(Cc3cccc(Nc4nccc(Nc5cccc6c5CN(C5CCC(=O)NC5=O)C6=O)n4)c3)CC1)CN2. The fourth-order valence-corrected chi connectivity index (χ4v) is 7.61. The molecule has 1 unspecified atom stereocenters. The number of anilines is 5. The third-order valence-electron chi connectivity index (χ3n) is 10.6. The third kappa shape index (κ3) is 7.83. The van der Waals surface area contributed by atoms with E-state index >= 15 is 0 Å². The first kappa shape index (κ1) is 35.7. The van der Waals surface area contributed by atoms with E-state index in [9.17, 15) is 14.4 Å². The zero-order chi connectivity index (χ0) is 37.9. The number of aliphatic imine (C=N–C) groups is 1. The Morgan fingerprint density at radius 2 is 1.84 bits per heavy atom. The second kappa shape index (κ2) is 15.6. The van der Waals surface area contributed by atoms with Crippen LogP contribution < -0.4 is 32.0 Å². The van der Waals surface area contributed by atoms with Crippen LogP contribution in [0.2, 0.25) is 0 Å². The van der Waals surface area contributed by atoms with Gasteiger partial charge in [-0.1, -0.05) is 35.8 Å². The Hall–Kier alpha value is -6.35. The van der Waals surface area contributed by atoms with E-state index in [-0.39, 0.29) is 24.8 Å². The van der Waals surface area contributed by atoms with E-state index in [2.05, 4.69) is 67.5 Å². The number of fused-ring (bicyclic) bond motifs is 2. The standard InChI is InChI=1S/C40H42BN11O3/c41-30-7-3-9-32-37(30)48-33(21-45-32)25(19-42)20-44-26-13-16-51(17-14-26)22-24-4-1-5-27(18-24)46-40-43-15-12-35(49-40)47-31-8-2-6-28-29(31)23-52(39(28)55)34-10-11-36(53)50-38(34)54/h1-9,12,15,18-20,26,34,42,44-45H,10-11,13-14,16-17,21-23,41H2,(H,50,53,54)(H2,43,46,47,49)/b25-20+,42-19?. The number of nitrogens with one attached hydrogen (secondary N) is 6. The van der Waals surface area contributed by atoms with Crippen molar-refractivity contribution < 1.29 is 14.4 Å². The van der Waals surface area contributed by atoms with Crippen molar-refractivity contribution in [1.29, 1.82) is 5.41 Å². The minimum atomic E-state index is -0.682. The lowest BCUT2D eigenvalue weighted by Crippen LogP contribution is -2.52. The Bertz CT molecular complexity index is 2230. The molecule has 55 heavy (non-hydrogen) atoms. The molecular formula is C40H42BN11O3. The zero-order valence-corrected chi connectivity index (χ0v) is 30.6. The van der Waals surface area contributed by atoms with E-state index in [4.69, 9.17) is 10.4 Å². The largest absolute Gasteiger partial charge is 0.387 e. The second-order valence-corrected chi connectivity index (χ2v) is 14.3. The predicted molar refractivity (Wildman–Crippen MR) is 216 cm³/mol. The highest BCUT2D eigenvalue weighted by Crippen LogP contribution is 2.34. The summed E-state index contributed by atoms with van der Waals surface area (Å²) >= 11 is 0. The molecule has 8 rings (SSSR count). The second-order valence-electron chi connectivity index (χ2n) is 14.3. The summed E-state index contributed by atoms with van der Waals surface area (Å²) in [6.07, 6.45) is 7.50. The molecule has 4 aliphatic rings. The number of imide groups is 1. The van der Waals surface area contributed by atoms with Gasteiger partial charge in [-0.25, -0.2) is 9.98 Å². The number of carbonyl (C=O) groups is 3. The number of rotatable bonds is 11. The monoisotopic (exact) mass is 735 g/mol. The third-order valence-corrected chi connectivity index (χ3v) is 10.6. The molecule has 1 aromatic heterocycles. The van der Waals surface area contributed by atoms with Gasteiger partial charge in [-0.3, -0.25) is 24.6 Å². The van der Waals surface area contributed by atoms with Gasteiger partial charge >= 0.3 is 0 Å². The van der Waals surface area contributed by atoms with Crippen LogP contribution in [0.15, 0.2) is 89.7 Å². The highest BCUT2D eigenvalue weighted by molar-refractivity contribution is 6.37. The van der Waals surface area contributed by atoms with Gasteiger partial charge in [0.25, 0.3) is 5.91 Å². The van der Waals surface area contributed by atoms with Crippen LogP contribution in [-0.4, -0.2) is 89.0 Å². The summed E-state index contributed by atoms with van der Waals surface area (Å²) in [4.78, 5) is 55.5. The molecule has 0 aliphatic carbocycles. The van der Waals surface area contributed by atoms with E-state index in [1.54, 1.807) is 24.4 Å². The number of amides is 3. The molecule has 3 amide bonds. The van der Waals surface area contributed by atoms with Crippen LogP contribution in [-0.2, 0) is 22.7 Å². The summed E-state index contributed by atoms with van der Waals surface area (Å²) in [7, 11) is 2.05. The van der Waals surface area contributed by atoms with Crippen molar-refractivity contribution in [2.24, 2.45) is 4.99 Å². The number of benzene rings is 3. The molecule has 0 spiro atoms.